The first-order valence-corrected chi connectivity index (χ1v) is 8.37. The Morgan fingerprint density at radius 1 is 1.26 bits per heavy atom. The van der Waals surface area contributed by atoms with Crippen LogP contribution in [0.25, 0.3) is 0 Å². The summed E-state index contributed by atoms with van der Waals surface area (Å²) >= 11 is 6.89. The standard InChI is InChI=1S/C14H18Br2N2O/c1-11-2-3-12(16)10-13(11)14(19)18-8-6-17(5-4-15)7-9-18/h2-3,10H,4-9H2,1H3. The molecule has 2 rings (SSSR count). The van der Waals surface area contributed by atoms with E-state index >= 15 is 0 Å². The number of rotatable bonds is 3. The van der Waals surface area contributed by atoms with Crippen molar-refractivity contribution in [3.63, 3.8) is 0 Å². The van der Waals surface area contributed by atoms with E-state index in [0.717, 1.165) is 53.7 Å². The highest BCUT2D eigenvalue weighted by molar-refractivity contribution is 9.10. The van der Waals surface area contributed by atoms with E-state index in [1.165, 1.54) is 0 Å². The molecule has 0 aromatic heterocycles. The summed E-state index contributed by atoms with van der Waals surface area (Å²) < 4.78 is 0.958. The van der Waals surface area contributed by atoms with Gasteiger partial charge in [0.2, 0.25) is 0 Å². The van der Waals surface area contributed by atoms with Gasteiger partial charge in [0.1, 0.15) is 0 Å². The number of alkyl halides is 1. The summed E-state index contributed by atoms with van der Waals surface area (Å²) in [4.78, 5) is 16.9. The van der Waals surface area contributed by atoms with Gasteiger partial charge in [-0.1, -0.05) is 37.9 Å². The van der Waals surface area contributed by atoms with Crippen LogP contribution in [0, 0.1) is 6.92 Å². The second-order valence-electron chi connectivity index (χ2n) is 4.78. The van der Waals surface area contributed by atoms with Gasteiger partial charge in [0.05, 0.1) is 0 Å². The summed E-state index contributed by atoms with van der Waals surface area (Å²) in [6.07, 6.45) is 0. The Kier molecular flexibility index (Phi) is 5.42. The van der Waals surface area contributed by atoms with Crippen LogP contribution in [0.5, 0.6) is 0 Å². The molecule has 0 spiro atoms. The van der Waals surface area contributed by atoms with Gasteiger partial charge in [-0.25, -0.2) is 0 Å². The molecule has 1 aromatic carbocycles. The highest BCUT2D eigenvalue weighted by Crippen LogP contribution is 2.18. The van der Waals surface area contributed by atoms with Crippen molar-refractivity contribution in [2.24, 2.45) is 0 Å². The Hall–Kier alpha value is -0.390. The van der Waals surface area contributed by atoms with Crippen molar-refractivity contribution in [1.82, 2.24) is 9.80 Å². The van der Waals surface area contributed by atoms with E-state index in [1.54, 1.807) is 0 Å². The van der Waals surface area contributed by atoms with Crippen LogP contribution in [-0.2, 0) is 0 Å². The minimum absolute atomic E-state index is 0.150. The van der Waals surface area contributed by atoms with Crippen LogP contribution in [0.4, 0.5) is 0 Å². The summed E-state index contributed by atoms with van der Waals surface area (Å²) in [6.45, 7) is 6.60. The first-order valence-electron chi connectivity index (χ1n) is 6.45. The number of hydrogen-bond acceptors (Lipinski definition) is 2. The fourth-order valence-corrected chi connectivity index (χ4v) is 3.15. The molecule has 1 aliphatic heterocycles. The molecule has 5 heteroatoms. The first kappa shape index (κ1) is 15.0. The van der Waals surface area contributed by atoms with Crippen LogP contribution in [0.15, 0.2) is 22.7 Å². The second-order valence-corrected chi connectivity index (χ2v) is 6.49. The molecular formula is C14H18Br2N2O. The van der Waals surface area contributed by atoms with Gasteiger partial charge < -0.3 is 4.90 Å². The summed E-state index contributed by atoms with van der Waals surface area (Å²) in [5.41, 5.74) is 1.85. The molecule has 1 saturated heterocycles. The maximum absolute atomic E-state index is 12.5. The largest absolute Gasteiger partial charge is 0.336 e. The third-order valence-corrected chi connectivity index (χ3v) is 4.34. The lowest BCUT2D eigenvalue weighted by Gasteiger charge is -2.34. The number of carbonyl (C=O) groups is 1. The van der Waals surface area contributed by atoms with Gasteiger partial charge in [-0.05, 0) is 24.6 Å². The SMILES string of the molecule is Cc1ccc(Br)cc1C(=O)N1CCN(CCBr)CC1. The molecule has 0 unspecified atom stereocenters. The smallest absolute Gasteiger partial charge is 0.254 e. The van der Waals surface area contributed by atoms with Gasteiger partial charge in [-0.15, -0.1) is 0 Å². The predicted molar refractivity (Wildman–Crippen MR) is 85.0 cm³/mol. The number of nitrogens with zero attached hydrogens (tertiary/aromatic N) is 2. The Morgan fingerprint density at radius 2 is 1.95 bits per heavy atom. The van der Waals surface area contributed by atoms with Crippen molar-refractivity contribution in [1.29, 1.82) is 0 Å². The number of aryl methyl sites for hydroxylation is 1. The average Bonchev–Trinajstić information content (AvgIpc) is 2.42. The maximum Gasteiger partial charge on any atom is 0.254 e. The summed E-state index contributed by atoms with van der Waals surface area (Å²) in [7, 11) is 0. The third-order valence-electron chi connectivity index (χ3n) is 3.49. The molecule has 104 valence electrons. The lowest BCUT2D eigenvalue weighted by Crippen LogP contribution is -2.49. The molecule has 19 heavy (non-hydrogen) atoms. The van der Waals surface area contributed by atoms with E-state index in [1.807, 2.05) is 30.0 Å². The number of benzene rings is 1. The van der Waals surface area contributed by atoms with Crippen LogP contribution >= 0.6 is 31.9 Å². The van der Waals surface area contributed by atoms with Gasteiger partial charge in [0.25, 0.3) is 5.91 Å². The van der Waals surface area contributed by atoms with E-state index in [2.05, 4.69) is 36.8 Å². The maximum atomic E-state index is 12.5. The number of amides is 1. The Labute approximate surface area is 131 Å². The molecule has 1 aromatic rings. The molecule has 0 bridgehead atoms. The molecule has 3 nitrogen and oxygen atoms in total. The molecule has 0 N–H and O–H groups in total. The number of carbonyl (C=O) groups excluding carboxylic acids is 1. The molecular weight excluding hydrogens is 372 g/mol. The quantitative estimate of drug-likeness (QED) is 0.742. The Balaban J connectivity index is 2.03. The zero-order valence-electron chi connectivity index (χ0n) is 11.0. The molecule has 0 aliphatic carbocycles. The molecule has 0 atom stereocenters. The van der Waals surface area contributed by atoms with Crippen molar-refractivity contribution in [3.05, 3.63) is 33.8 Å². The van der Waals surface area contributed by atoms with E-state index in [9.17, 15) is 4.79 Å². The van der Waals surface area contributed by atoms with E-state index < -0.39 is 0 Å². The van der Waals surface area contributed by atoms with Gasteiger partial charge in [-0.2, -0.15) is 0 Å². The van der Waals surface area contributed by atoms with E-state index in [0.29, 0.717) is 0 Å². The molecule has 0 saturated carbocycles. The third kappa shape index (κ3) is 3.80. The van der Waals surface area contributed by atoms with Gasteiger partial charge in [-0.3, -0.25) is 9.69 Å². The van der Waals surface area contributed by atoms with Crippen LogP contribution in [0.1, 0.15) is 15.9 Å². The van der Waals surface area contributed by atoms with Crippen molar-refractivity contribution < 1.29 is 4.79 Å². The van der Waals surface area contributed by atoms with Crippen LogP contribution < -0.4 is 0 Å². The van der Waals surface area contributed by atoms with E-state index in [4.69, 9.17) is 0 Å². The fourth-order valence-electron chi connectivity index (χ4n) is 2.29. The number of halogens is 2. The summed E-state index contributed by atoms with van der Waals surface area (Å²) in [5.74, 6) is 0.150. The van der Waals surface area contributed by atoms with Crippen LogP contribution in [0.2, 0.25) is 0 Å². The number of hydrogen-bond donors (Lipinski definition) is 0. The zero-order valence-corrected chi connectivity index (χ0v) is 14.2. The Morgan fingerprint density at radius 3 is 2.58 bits per heavy atom. The fraction of sp³-hybridized carbons (Fsp3) is 0.500. The van der Waals surface area contributed by atoms with Gasteiger partial charge in [0.15, 0.2) is 0 Å². The second kappa shape index (κ2) is 6.86. The summed E-state index contributed by atoms with van der Waals surface area (Å²) in [5, 5.41) is 0.992. The van der Waals surface area contributed by atoms with E-state index in [-0.39, 0.29) is 5.91 Å². The van der Waals surface area contributed by atoms with Gasteiger partial charge in [0, 0.05) is 48.1 Å². The molecule has 1 heterocycles. The minimum atomic E-state index is 0.150. The van der Waals surface area contributed by atoms with Gasteiger partial charge >= 0.3 is 0 Å². The first-order chi connectivity index (χ1) is 9.11. The van der Waals surface area contributed by atoms with Crippen molar-refractivity contribution in [3.8, 4) is 0 Å². The number of piperazine rings is 1. The monoisotopic (exact) mass is 388 g/mol. The van der Waals surface area contributed by atoms with Crippen molar-refractivity contribution >= 4 is 37.8 Å². The zero-order chi connectivity index (χ0) is 13.8. The Bertz CT molecular complexity index is 457. The molecule has 1 amide bonds. The minimum Gasteiger partial charge on any atom is -0.336 e. The van der Waals surface area contributed by atoms with Crippen molar-refractivity contribution in [2.45, 2.75) is 6.92 Å². The summed E-state index contributed by atoms with van der Waals surface area (Å²) in [6, 6.07) is 5.88. The lowest BCUT2D eigenvalue weighted by molar-refractivity contribution is 0.0644. The molecule has 1 fully saturated rings. The highest BCUT2D eigenvalue weighted by Gasteiger charge is 2.22. The van der Waals surface area contributed by atoms with Crippen molar-refractivity contribution in [2.75, 3.05) is 38.1 Å². The lowest BCUT2D eigenvalue weighted by atomic mass is 10.1. The molecule has 1 aliphatic rings. The topological polar surface area (TPSA) is 23.6 Å². The predicted octanol–water partition coefficient (Wildman–Crippen LogP) is 2.91. The molecule has 0 radical (unpaired) electrons. The highest BCUT2D eigenvalue weighted by atomic mass is 79.9. The van der Waals surface area contributed by atoms with Crippen LogP contribution in [0.3, 0.4) is 0 Å². The van der Waals surface area contributed by atoms with Crippen LogP contribution in [-0.4, -0.2) is 53.8 Å². The average molecular weight is 390 g/mol. The normalized spacial score (nSPS) is 16.7.